The third-order valence-corrected chi connectivity index (χ3v) is 3.78. The monoisotopic (exact) mass is 293 g/mol. The number of rotatable bonds is 0. The largest absolute Gasteiger partial charge is 0.373 e. The van der Waals surface area contributed by atoms with E-state index in [1.165, 1.54) is 12.1 Å². The van der Waals surface area contributed by atoms with Crippen LogP contribution in [0, 0.1) is 5.82 Å². The summed E-state index contributed by atoms with van der Waals surface area (Å²) in [7, 11) is 0. The van der Waals surface area contributed by atoms with Gasteiger partial charge in [-0.05, 0) is 30.5 Å². The van der Waals surface area contributed by atoms with Crippen molar-refractivity contribution in [1.29, 1.82) is 0 Å². The third-order valence-electron chi connectivity index (χ3n) is 3.49. The van der Waals surface area contributed by atoms with Crippen molar-refractivity contribution < 1.29 is 9.13 Å². The Labute approximate surface area is 120 Å². The summed E-state index contributed by atoms with van der Waals surface area (Å²) < 4.78 is 20.1. The molecule has 20 heavy (non-hydrogen) atoms. The lowest BCUT2D eigenvalue weighted by atomic mass is 9.92. The van der Waals surface area contributed by atoms with Gasteiger partial charge in [-0.3, -0.25) is 4.79 Å². The molecule has 0 fully saturated rings. The van der Waals surface area contributed by atoms with Crippen molar-refractivity contribution in [2.75, 3.05) is 0 Å². The molecule has 1 aliphatic rings. The SMILES string of the molecule is C[C@@H]1Cc2ccc(Cl)c(F)c2-c2cc(=O)[nH]cc2CO1. The molecule has 3 rings (SSSR count). The van der Waals surface area contributed by atoms with E-state index in [-0.39, 0.29) is 16.7 Å². The predicted molar refractivity (Wildman–Crippen MR) is 75.4 cm³/mol. The summed E-state index contributed by atoms with van der Waals surface area (Å²) in [5.74, 6) is -0.481. The van der Waals surface area contributed by atoms with Crippen LogP contribution in [0.1, 0.15) is 18.1 Å². The number of benzene rings is 1. The lowest BCUT2D eigenvalue weighted by Gasteiger charge is -2.22. The number of nitrogens with one attached hydrogen (secondary N) is 1. The maximum absolute atomic E-state index is 14.4. The molecule has 2 aromatic rings. The molecule has 1 N–H and O–H groups in total. The Morgan fingerprint density at radius 1 is 1.40 bits per heavy atom. The van der Waals surface area contributed by atoms with Crippen LogP contribution in [-0.4, -0.2) is 11.1 Å². The van der Waals surface area contributed by atoms with E-state index < -0.39 is 5.82 Å². The highest BCUT2D eigenvalue weighted by molar-refractivity contribution is 6.31. The van der Waals surface area contributed by atoms with Gasteiger partial charge in [-0.15, -0.1) is 0 Å². The van der Waals surface area contributed by atoms with Gasteiger partial charge in [0.1, 0.15) is 5.82 Å². The molecule has 3 nitrogen and oxygen atoms in total. The Bertz CT molecular complexity index is 726. The summed E-state index contributed by atoms with van der Waals surface area (Å²) in [4.78, 5) is 14.2. The molecule has 0 radical (unpaired) electrons. The predicted octanol–water partition coefficient (Wildman–Crippen LogP) is 3.30. The minimum atomic E-state index is -0.481. The second kappa shape index (κ2) is 5.04. The van der Waals surface area contributed by atoms with E-state index in [1.54, 1.807) is 12.3 Å². The summed E-state index contributed by atoms with van der Waals surface area (Å²) in [6.07, 6.45) is 2.12. The van der Waals surface area contributed by atoms with Crippen LogP contribution in [0.3, 0.4) is 0 Å². The molecule has 0 amide bonds. The Kier molecular flexibility index (Phi) is 3.36. The molecule has 5 heteroatoms. The summed E-state index contributed by atoms with van der Waals surface area (Å²) in [6, 6.07) is 4.72. The lowest BCUT2D eigenvalue weighted by Crippen LogP contribution is -2.18. The molecule has 104 valence electrons. The molecular weight excluding hydrogens is 281 g/mol. The van der Waals surface area contributed by atoms with Crippen molar-refractivity contribution in [3.63, 3.8) is 0 Å². The number of hydrogen-bond donors (Lipinski definition) is 1. The molecule has 0 saturated carbocycles. The van der Waals surface area contributed by atoms with Crippen molar-refractivity contribution >= 4 is 11.6 Å². The highest BCUT2D eigenvalue weighted by atomic mass is 35.5. The highest BCUT2D eigenvalue weighted by Crippen LogP contribution is 2.35. The van der Waals surface area contributed by atoms with Gasteiger partial charge in [-0.2, -0.15) is 0 Å². The van der Waals surface area contributed by atoms with Crippen LogP contribution in [0.25, 0.3) is 11.1 Å². The number of halogens is 2. The standard InChI is InChI=1S/C15H13ClFNO2/c1-8-4-9-2-3-12(16)15(17)14(9)11-5-13(19)18-6-10(11)7-20-8/h2-3,5-6,8H,4,7H2,1H3,(H,18,19)/t8-/m1/s1. The van der Waals surface area contributed by atoms with E-state index in [0.717, 1.165) is 11.1 Å². The second-order valence-electron chi connectivity index (χ2n) is 4.96. The zero-order chi connectivity index (χ0) is 14.3. The van der Waals surface area contributed by atoms with Gasteiger partial charge < -0.3 is 9.72 Å². The van der Waals surface area contributed by atoms with E-state index >= 15 is 0 Å². The fourth-order valence-corrected chi connectivity index (χ4v) is 2.66. The van der Waals surface area contributed by atoms with Crippen LogP contribution in [0.4, 0.5) is 4.39 Å². The molecule has 2 heterocycles. The first-order valence-corrected chi connectivity index (χ1v) is 6.74. The van der Waals surface area contributed by atoms with Crippen molar-refractivity contribution in [2.24, 2.45) is 0 Å². The van der Waals surface area contributed by atoms with Gasteiger partial charge in [-0.25, -0.2) is 4.39 Å². The molecular formula is C15H13ClFNO2. The molecule has 0 bridgehead atoms. The van der Waals surface area contributed by atoms with Gasteiger partial charge >= 0.3 is 0 Å². The van der Waals surface area contributed by atoms with E-state index in [2.05, 4.69) is 4.98 Å². The lowest BCUT2D eigenvalue weighted by molar-refractivity contribution is 0.0527. The smallest absolute Gasteiger partial charge is 0.248 e. The third kappa shape index (κ3) is 2.25. The average molecular weight is 294 g/mol. The minimum absolute atomic E-state index is 0.0330. The fraction of sp³-hybridized carbons (Fsp3) is 0.267. The van der Waals surface area contributed by atoms with Crippen LogP contribution >= 0.6 is 11.6 Å². The van der Waals surface area contributed by atoms with E-state index in [1.807, 2.05) is 6.92 Å². The number of ether oxygens (including phenoxy) is 1. The summed E-state index contributed by atoms with van der Waals surface area (Å²) in [6.45, 7) is 2.27. The molecule has 0 unspecified atom stereocenters. The molecule has 1 aliphatic heterocycles. The average Bonchev–Trinajstić information content (AvgIpc) is 2.40. The molecule has 1 aromatic heterocycles. The van der Waals surface area contributed by atoms with Gasteiger partial charge in [-0.1, -0.05) is 17.7 Å². The minimum Gasteiger partial charge on any atom is -0.373 e. The van der Waals surface area contributed by atoms with Crippen molar-refractivity contribution in [3.05, 3.63) is 56.7 Å². The van der Waals surface area contributed by atoms with Crippen LogP contribution in [0.5, 0.6) is 0 Å². The van der Waals surface area contributed by atoms with Crippen molar-refractivity contribution in [2.45, 2.75) is 26.1 Å². The Balaban J connectivity index is 2.34. The maximum atomic E-state index is 14.4. The first-order chi connectivity index (χ1) is 9.56. The quantitative estimate of drug-likeness (QED) is 0.810. The number of aromatic amines is 1. The topological polar surface area (TPSA) is 42.1 Å². The van der Waals surface area contributed by atoms with Gasteiger partial charge in [0.2, 0.25) is 5.56 Å². The van der Waals surface area contributed by atoms with Gasteiger partial charge in [0.15, 0.2) is 0 Å². The molecule has 0 saturated heterocycles. The van der Waals surface area contributed by atoms with E-state index in [9.17, 15) is 9.18 Å². The van der Waals surface area contributed by atoms with Crippen LogP contribution in [-0.2, 0) is 17.8 Å². The summed E-state index contributed by atoms with van der Waals surface area (Å²) in [5, 5.41) is 0.0594. The number of pyridine rings is 1. The highest BCUT2D eigenvalue weighted by Gasteiger charge is 2.22. The number of hydrogen-bond acceptors (Lipinski definition) is 2. The number of H-pyrrole nitrogens is 1. The molecule has 1 aromatic carbocycles. The van der Waals surface area contributed by atoms with Gasteiger partial charge in [0.25, 0.3) is 0 Å². The molecule has 1 atom stereocenters. The maximum Gasteiger partial charge on any atom is 0.248 e. The molecule has 0 spiro atoms. The first kappa shape index (κ1) is 13.3. The fourth-order valence-electron chi connectivity index (χ4n) is 2.51. The van der Waals surface area contributed by atoms with Crippen LogP contribution < -0.4 is 5.56 Å². The second-order valence-corrected chi connectivity index (χ2v) is 5.36. The van der Waals surface area contributed by atoms with Gasteiger partial charge in [0, 0.05) is 23.4 Å². The van der Waals surface area contributed by atoms with Crippen molar-refractivity contribution in [3.8, 4) is 11.1 Å². The number of fused-ring (bicyclic) bond motifs is 3. The normalized spacial score (nSPS) is 17.9. The van der Waals surface area contributed by atoms with Crippen molar-refractivity contribution in [1.82, 2.24) is 4.98 Å². The molecule has 0 aliphatic carbocycles. The van der Waals surface area contributed by atoms with E-state index in [4.69, 9.17) is 16.3 Å². The Hall–Kier alpha value is -1.65. The Morgan fingerprint density at radius 2 is 2.20 bits per heavy atom. The van der Waals surface area contributed by atoms with Gasteiger partial charge in [0.05, 0.1) is 17.7 Å². The number of aromatic nitrogens is 1. The summed E-state index contributed by atoms with van der Waals surface area (Å²) in [5.41, 5.74) is 2.23. The Morgan fingerprint density at radius 3 is 3.00 bits per heavy atom. The van der Waals surface area contributed by atoms with E-state index in [0.29, 0.717) is 24.2 Å². The van der Waals surface area contributed by atoms with Crippen LogP contribution in [0.15, 0.2) is 29.2 Å². The summed E-state index contributed by atoms with van der Waals surface area (Å²) >= 11 is 5.89. The van der Waals surface area contributed by atoms with Crippen LogP contribution in [0.2, 0.25) is 5.02 Å². The first-order valence-electron chi connectivity index (χ1n) is 6.36. The zero-order valence-electron chi connectivity index (χ0n) is 10.9. The zero-order valence-corrected chi connectivity index (χ0v) is 11.6.